The summed E-state index contributed by atoms with van der Waals surface area (Å²) in [4.78, 5) is 0. The van der Waals surface area contributed by atoms with Crippen LogP contribution in [0, 0.1) is 16.7 Å². The van der Waals surface area contributed by atoms with E-state index in [1.165, 1.54) is 0 Å². The molecule has 1 heterocycles. The molecule has 0 aromatic rings. The quantitative estimate of drug-likeness (QED) is 0.684. The molecule has 2 nitrogen and oxygen atoms in total. The maximum absolute atomic E-state index is 5.89. The molecule has 1 fully saturated rings. The molecule has 3 unspecified atom stereocenters. The molecule has 0 saturated carbocycles. The van der Waals surface area contributed by atoms with Gasteiger partial charge in [0.25, 0.3) is 0 Å². The lowest BCUT2D eigenvalue weighted by Crippen LogP contribution is -2.61. The summed E-state index contributed by atoms with van der Waals surface area (Å²) in [6, 6.07) is 0. The lowest BCUT2D eigenvalue weighted by molar-refractivity contribution is -0.327. The fourth-order valence-electron chi connectivity index (χ4n) is 2.59. The molecular formula is C14H24O2. The average molecular weight is 224 g/mol. The maximum Gasteiger partial charge on any atom is 0.170 e. The van der Waals surface area contributed by atoms with Crippen molar-refractivity contribution in [1.29, 1.82) is 0 Å². The molecule has 0 N–H and O–H groups in total. The van der Waals surface area contributed by atoms with Crippen LogP contribution in [-0.2, 0) is 9.47 Å². The van der Waals surface area contributed by atoms with Crippen LogP contribution in [0.1, 0.15) is 27.7 Å². The standard InChI is InChI=1S/C14H24O2/c1-8-11-10-16-14(6,15-7)12(3,4)13(11,5)9-2/h8-9,11H,1-2,10H2,3-7H3. The molecule has 16 heavy (non-hydrogen) atoms. The summed E-state index contributed by atoms with van der Waals surface area (Å²) in [5.41, 5.74) is -0.259. The molecule has 92 valence electrons. The lowest BCUT2D eigenvalue weighted by atomic mass is 9.55. The molecule has 0 aliphatic carbocycles. The highest BCUT2D eigenvalue weighted by molar-refractivity contribution is 5.14. The minimum Gasteiger partial charge on any atom is -0.353 e. The SMILES string of the molecule is C=CC1COC(C)(OC)C(C)(C)C1(C)C=C. The first-order chi connectivity index (χ1) is 7.29. The monoisotopic (exact) mass is 224 g/mol. The zero-order valence-electron chi connectivity index (χ0n) is 11.2. The number of hydrogen-bond donors (Lipinski definition) is 0. The van der Waals surface area contributed by atoms with Crippen LogP contribution in [0.25, 0.3) is 0 Å². The molecule has 1 aliphatic rings. The van der Waals surface area contributed by atoms with E-state index >= 15 is 0 Å². The molecule has 0 bridgehead atoms. The van der Waals surface area contributed by atoms with Gasteiger partial charge in [0.05, 0.1) is 6.61 Å². The van der Waals surface area contributed by atoms with Crippen LogP contribution in [0.2, 0.25) is 0 Å². The van der Waals surface area contributed by atoms with E-state index in [9.17, 15) is 0 Å². The molecule has 1 aliphatic heterocycles. The third-order valence-corrected chi connectivity index (χ3v) is 4.89. The smallest absolute Gasteiger partial charge is 0.170 e. The predicted octanol–water partition coefficient (Wildman–Crippen LogP) is 3.40. The normalized spacial score (nSPS) is 42.7. The van der Waals surface area contributed by atoms with Crippen molar-refractivity contribution in [3.05, 3.63) is 25.3 Å². The van der Waals surface area contributed by atoms with E-state index in [4.69, 9.17) is 9.47 Å². The Bertz CT molecular complexity index is 295. The Kier molecular flexibility index (Phi) is 3.37. The summed E-state index contributed by atoms with van der Waals surface area (Å²) in [6.45, 7) is 17.0. The first kappa shape index (κ1) is 13.5. The summed E-state index contributed by atoms with van der Waals surface area (Å²) in [7, 11) is 1.69. The summed E-state index contributed by atoms with van der Waals surface area (Å²) >= 11 is 0. The molecule has 3 atom stereocenters. The van der Waals surface area contributed by atoms with E-state index in [0.29, 0.717) is 6.61 Å². The lowest BCUT2D eigenvalue weighted by Gasteiger charge is -2.58. The Labute approximate surface area is 99.3 Å². The largest absolute Gasteiger partial charge is 0.353 e. The molecule has 0 aromatic carbocycles. The van der Waals surface area contributed by atoms with Crippen LogP contribution in [0.4, 0.5) is 0 Å². The Morgan fingerprint density at radius 3 is 2.19 bits per heavy atom. The van der Waals surface area contributed by atoms with Crippen molar-refractivity contribution in [3.8, 4) is 0 Å². The second-order valence-electron chi connectivity index (χ2n) is 5.41. The van der Waals surface area contributed by atoms with E-state index in [0.717, 1.165) is 0 Å². The van der Waals surface area contributed by atoms with Crippen LogP contribution in [0.5, 0.6) is 0 Å². The second kappa shape index (κ2) is 4.01. The van der Waals surface area contributed by atoms with Gasteiger partial charge in [-0.15, -0.1) is 13.2 Å². The van der Waals surface area contributed by atoms with E-state index in [2.05, 4.69) is 33.9 Å². The van der Waals surface area contributed by atoms with Gasteiger partial charge in [-0.2, -0.15) is 0 Å². The van der Waals surface area contributed by atoms with E-state index < -0.39 is 5.79 Å². The predicted molar refractivity (Wildman–Crippen MR) is 67.1 cm³/mol. The molecule has 0 amide bonds. The first-order valence-corrected chi connectivity index (χ1v) is 5.74. The van der Waals surface area contributed by atoms with Crippen molar-refractivity contribution in [2.24, 2.45) is 16.7 Å². The molecular weight excluding hydrogens is 200 g/mol. The van der Waals surface area contributed by atoms with Gasteiger partial charge in [0, 0.05) is 23.9 Å². The van der Waals surface area contributed by atoms with Gasteiger partial charge >= 0.3 is 0 Å². The van der Waals surface area contributed by atoms with Gasteiger partial charge in [0.2, 0.25) is 0 Å². The number of methoxy groups -OCH3 is 1. The van der Waals surface area contributed by atoms with Gasteiger partial charge < -0.3 is 9.47 Å². The zero-order chi connectivity index (χ0) is 12.6. The summed E-state index contributed by atoms with van der Waals surface area (Å²) in [5.74, 6) is -0.321. The van der Waals surface area contributed by atoms with E-state index in [1.807, 2.05) is 19.1 Å². The topological polar surface area (TPSA) is 18.5 Å². The first-order valence-electron chi connectivity index (χ1n) is 5.74. The van der Waals surface area contributed by atoms with Gasteiger partial charge in [0.1, 0.15) is 0 Å². The second-order valence-corrected chi connectivity index (χ2v) is 5.41. The van der Waals surface area contributed by atoms with Crippen LogP contribution >= 0.6 is 0 Å². The van der Waals surface area contributed by atoms with Gasteiger partial charge in [-0.1, -0.05) is 32.9 Å². The summed E-state index contributed by atoms with van der Waals surface area (Å²) in [5, 5.41) is 0. The van der Waals surface area contributed by atoms with Crippen molar-refractivity contribution in [2.75, 3.05) is 13.7 Å². The Balaban J connectivity index is 3.26. The fourth-order valence-corrected chi connectivity index (χ4v) is 2.59. The Hall–Kier alpha value is -0.600. The number of hydrogen-bond acceptors (Lipinski definition) is 2. The van der Waals surface area contributed by atoms with Crippen molar-refractivity contribution in [2.45, 2.75) is 33.5 Å². The molecule has 2 heteroatoms. The average Bonchev–Trinajstić information content (AvgIpc) is 2.26. The Morgan fingerprint density at radius 2 is 1.81 bits per heavy atom. The van der Waals surface area contributed by atoms with E-state index in [1.54, 1.807) is 7.11 Å². The van der Waals surface area contributed by atoms with Gasteiger partial charge in [-0.05, 0) is 6.92 Å². The Morgan fingerprint density at radius 1 is 1.25 bits per heavy atom. The zero-order valence-corrected chi connectivity index (χ0v) is 11.2. The third-order valence-electron chi connectivity index (χ3n) is 4.89. The molecule has 0 radical (unpaired) electrons. The van der Waals surface area contributed by atoms with Gasteiger partial charge in [-0.25, -0.2) is 0 Å². The van der Waals surface area contributed by atoms with Gasteiger partial charge in [0.15, 0.2) is 5.79 Å². The van der Waals surface area contributed by atoms with Crippen molar-refractivity contribution >= 4 is 0 Å². The van der Waals surface area contributed by atoms with Crippen LogP contribution < -0.4 is 0 Å². The summed E-state index contributed by atoms with van der Waals surface area (Å²) < 4.78 is 11.5. The molecule has 1 rings (SSSR count). The van der Waals surface area contributed by atoms with Crippen molar-refractivity contribution < 1.29 is 9.47 Å². The highest BCUT2D eigenvalue weighted by Crippen LogP contribution is 2.57. The molecule has 0 aromatic heterocycles. The molecule has 0 spiro atoms. The minimum atomic E-state index is -0.588. The highest BCUT2D eigenvalue weighted by atomic mass is 16.7. The van der Waals surface area contributed by atoms with Gasteiger partial charge in [-0.3, -0.25) is 0 Å². The number of rotatable bonds is 3. The highest BCUT2D eigenvalue weighted by Gasteiger charge is 2.59. The van der Waals surface area contributed by atoms with E-state index in [-0.39, 0.29) is 16.7 Å². The number of ether oxygens (including phenoxy) is 2. The van der Waals surface area contributed by atoms with Crippen LogP contribution in [0.15, 0.2) is 25.3 Å². The third kappa shape index (κ3) is 1.47. The number of allylic oxidation sites excluding steroid dienone is 1. The minimum absolute atomic E-state index is 0.0856. The summed E-state index contributed by atoms with van der Waals surface area (Å²) in [6.07, 6.45) is 3.97. The van der Waals surface area contributed by atoms with Crippen LogP contribution in [0.3, 0.4) is 0 Å². The fraction of sp³-hybridized carbons (Fsp3) is 0.714. The van der Waals surface area contributed by atoms with Crippen LogP contribution in [-0.4, -0.2) is 19.5 Å². The molecule has 1 saturated heterocycles. The van der Waals surface area contributed by atoms with Crippen molar-refractivity contribution in [1.82, 2.24) is 0 Å². The maximum atomic E-state index is 5.89. The van der Waals surface area contributed by atoms with Crippen molar-refractivity contribution in [3.63, 3.8) is 0 Å².